The molecule has 0 fully saturated rings. The lowest BCUT2D eigenvalue weighted by molar-refractivity contribution is 0.647. The Morgan fingerprint density at radius 1 is 0.167 bits per heavy atom. The van der Waals surface area contributed by atoms with E-state index in [2.05, 4.69) is 231 Å². The monoisotopic (exact) mass is 990 g/mol. The SMILES string of the molecule is c1ccc2c(-c3ccc4ccc5oc6c(-c7c8ccccc8c(-c8ccc9ccc%10oc%11c(-c%12cccc%13ccccc%12%13)ccc%12ccc%13oc8c9c%10-c%13c%12%11)c8ccccc78)ccc7ccc8oc3c4c5-c8c76)cccc2c1. The number of hydrogen-bond acceptors (Lipinski definition) is 4. The zero-order valence-electron chi connectivity index (χ0n) is 41.6. The second kappa shape index (κ2) is 14.7. The van der Waals surface area contributed by atoms with Crippen molar-refractivity contribution in [2.75, 3.05) is 0 Å². The molecule has 78 heavy (non-hydrogen) atoms. The van der Waals surface area contributed by atoms with Crippen LogP contribution in [0.5, 0.6) is 0 Å². The molecular weight excluding hydrogens is 953 g/mol. The van der Waals surface area contributed by atoms with Gasteiger partial charge in [-0.05, 0) is 124 Å². The van der Waals surface area contributed by atoms with Gasteiger partial charge >= 0.3 is 0 Å². The normalized spacial score (nSPS) is 12.6. The molecule has 4 aliphatic heterocycles. The molecular formula is C74H38O4. The molecule has 15 aromatic rings. The van der Waals surface area contributed by atoms with E-state index >= 15 is 0 Å². The minimum atomic E-state index is 0.825. The van der Waals surface area contributed by atoms with E-state index < -0.39 is 0 Å². The summed E-state index contributed by atoms with van der Waals surface area (Å²) < 4.78 is 29.2. The van der Waals surface area contributed by atoms with Crippen LogP contribution in [0.4, 0.5) is 0 Å². The van der Waals surface area contributed by atoms with E-state index in [1.165, 1.54) is 21.5 Å². The summed E-state index contributed by atoms with van der Waals surface area (Å²) in [7, 11) is 0. The van der Waals surface area contributed by atoms with Gasteiger partial charge in [0.05, 0.1) is 0 Å². The van der Waals surface area contributed by atoms with Gasteiger partial charge in [-0.1, -0.05) is 182 Å². The van der Waals surface area contributed by atoms with Gasteiger partial charge in [-0.2, -0.15) is 0 Å². The van der Waals surface area contributed by atoms with Crippen LogP contribution in [0.2, 0.25) is 0 Å². The molecule has 15 aromatic carbocycles. The van der Waals surface area contributed by atoms with Gasteiger partial charge in [-0.25, -0.2) is 0 Å². The van der Waals surface area contributed by atoms with Crippen LogP contribution in [0.15, 0.2) is 248 Å². The van der Waals surface area contributed by atoms with Gasteiger partial charge in [0.1, 0.15) is 44.7 Å². The highest BCUT2D eigenvalue weighted by Crippen LogP contribution is 2.56. The van der Waals surface area contributed by atoms with Crippen molar-refractivity contribution in [2.45, 2.75) is 0 Å². The molecule has 0 aromatic heterocycles. The molecule has 0 unspecified atom stereocenters. The van der Waals surface area contributed by atoms with Crippen molar-refractivity contribution < 1.29 is 17.7 Å². The molecule has 0 amide bonds. The van der Waals surface area contributed by atoms with Crippen molar-refractivity contribution in [3.05, 3.63) is 231 Å². The van der Waals surface area contributed by atoms with Crippen molar-refractivity contribution in [3.8, 4) is 66.8 Å². The molecule has 0 saturated carbocycles. The largest absolute Gasteiger partial charge is 0.455 e. The zero-order chi connectivity index (χ0) is 50.5. The molecule has 19 rings (SSSR count). The highest BCUT2D eigenvalue weighted by Gasteiger charge is 2.31. The highest BCUT2D eigenvalue weighted by atomic mass is 16.3. The second-order valence-corrected chi connectivity index (χ2v) is 21.2. The van der Waals surface area contributed by atoms with E-state index in [4.69, 9.17) is 17.7 Å². The first-order valence-corrected chi connectivity index (χ1v) is 26.7. The Bertz CT molecular complexity index is 5280. The maximum atomic E-state index is 7.40. The van der Waals surface area contributed by atoms with E-state index in [1.54, 1.807) is 0 Å². The summed E-state index contributed by atoms with van der Waals surface area (Å²) in [6.45, 7) is 0. The third kappa shape index (κ3) is 5.19. The number of benzene rings is 15. The third-order valence-corrected chi connectivity index (χ3v) is 17.4. The lowest BCUT2D eigenvalue weighted by atomic mass is 9.82. The van der Waals surface area contributed by atoms with Crippen LogP contribution < -0.4 is 0 Å². The Balaban J connectivity index is 0.867. The molecule has 0 radical (unpaired) electrons. The third-order valence-electron chi connectivity index (χ3n) is 17.4. The van der Waals surface area contributed by atoms with Crippen molar-refractivity contribution in [3.63, 3.8) is 0 Å². The van der Waals surface area contributed by atoms with Gasteiger partial charge in [-0.3, -0.25) is 0 Å². The Hall–Kier alpha value is -10.4. The lowest BCUT2D eigenvalue weighted by Crippen LogP contribution is -1.98. The smallest absolute Gasteiger partial charge is 0.143 e. The topological polar surface area (TPSA) is 52.6 Å². The van der Waals surface area contributed by atoms with Crippen LogP contribution in [0.25, 0.3) is 198 Å². The number of hydrogen-bond donors (Lipinski definition) is 0. The van der Waals surface area contributed by atoms with E-state index in [0.29, 0.717) is 0 Å². The average Bonchev–Trinajstić information content (AvgIpc) is 3.38. The number of rotatable bonds is 4. The van der Waals surface area contributed by atoms with Crippen molar-refractivity contribution >= 4 is 131 Å². The standard InChI is InChI=1S/C74H38O4/c1-3-15-45-39(11-1)13-9-21-47(45)53-31-23-41-27-37-59-67-61(41)71(53)75-57-35-29-43-25-33-55(73(77-59)63(43)69(57)67)65-49-17-5-7-19-51(49)66(52-20-8-6-18-50(52)65)56-34-26-44-30-36-58-70-64(44)74(56)78-60-38-28-42-24-32-54(72(76-58)62(42)68(60)70)48-22-10-14-40-12-2-4-16-46(40)48/h1-38H. The molecule has 358 valence electrons. The van der Waals surface area contributed by atoms with Gasteiger partial charge < -0.3 is 17.7 Å². The van der Waals surface area contributed by atoms with E-state index in [9.17, 15) is 0 Å². The summed E-state index contributed by atoms with van der Waals surface area (Å²) in [6.07, 6.45) is 0. The Morgan fingerprint density at radius 3 is 0.782 bits per heavy atom. The molecule has 0 spiro atoms. The summed E-state index contributed by atoms with van der Waals surface area (Å²) in [4.78, 5) is 0. The molecule has 4 aliphatic rings. The lowest BCUT2D eigenvalue weighted by Gasteiger charge is -2.24. The van der Waals surface area contributed by atoms with Crippen molar-refractivity contribution in [1.82, 2.24) is 0 Å². The molecule has 0 bridgehead atoms. The molecule has 0 aliphatic carbocycles. The maximum Gasteiger partial charge on any atom is 0.143 e. The first kappa shape index (κ1) is 40.9. The van der Waals surface area contributed by atoms with Crippen LogP contribution in [0.3, 0.4) is 0 Å². The molecule has 4 nitrogen and oxygen atoms in total. The van der Waals surface area contributed by atoms with E-state index in [1.807, 2.05) is 0 Å². The predicted octanol–water partition coefficient (Wildman–Crippen LogP) is 21.7. The second-order valence-electron chi connectivity index (χ2n) is 21.2. The van der Waals surface area contributed by atoms with E-state index in [0.717, 1.165) is 176 Å². The molecule has 4 heteroatoms. The fourth-order valence-corrected chi connectivity index (χ4v) is 14.1. The minimum absolute atomic E-state index is 0.825. The zero-order valence-corrected chi connectivity index (χ0v) is 41.6. The summed E-state index contributed by atoms with van der Waals surface area (Å²) >= 11 is 0. The van der Waals surface area contributed by atoms with Gasteiger partial charge in [0.25, 0.3) is 0 Å². The highest BCUT2D eigenvalue weighted by molar-refractivity contribution is 6.32. The summed E-state index contributed by atoms with van der Waals surface area (Å²) in [5, 5.41) is 18.0. The van der Waals surface area contributed by atoms with Crippen molar-refractivity contribution in [1.29, 1.82) is 0 Å². The van der Waals surface area contributed by atoms with E-state index in [-0.39, 0.29) is 0 Å². The summed E-state index contributed by atoms with van der Waals surface area (Å²) in [5.41, 5.74) is 19.7. The fourth-order valence-electron chi connectivity index (χ4n) is 14.1. The quantitative estimate of drug-likeness (QED) is 0.130. The first-order valence-electron chi connectivity index (χ1n) is 26.7. The summed E-state index contributed by atoms with van der Waals surface area (Å²) in [6, 6.07) is 83.1. The van der Waals surface area contributed by atoms with Crippen LogP contribution in [0.1, 0.15) is 0 Å². The Morgan fingerprint density at radius 2 is 0.436 bits per heavy atom. The maximum absolute atomic E-state index is 7.40. The summed E-state index contributed by atoms with van der Waals surface area (Å²) in [5.74, 6) is 0. The fraction of sp³-hybridized carbons (Fsp3) is 0. The van der Waals surface area contributed by atoms with Crippen LogP contribution in [-0.4, -0.2) is 0 Å². The van der Waals surface area contributed by atoms with Gasteiger partial charge in [0.15, 0.2) is 0 Å². The van der Waals surface area contributed by atoms with Crippen LogP contribution in [0, 0.1) is 0 Å². The van der Waals surface area contributed by atoms with Gasteiger partial charge in [0, 0.05) is 77.2 Å². The van der Waals surface area contributed by atoms with Crippen LogP contribution in [-0.2, 0) is 0 Å². The minimum Gasteiger partial charge on any atom is -0.455 e. The van der Waals surface area contributed by atoms with Crippen LogP contribution >= 0.6 is 0 Å². The van der Waals surface area contributed by atoms with Gasteiger partial charge in [-0.15, -0.1) is 0 Å². The molecule has 0 N–H and O–H groups in total. The Labute approximate surface area is 443 Å². The first-order chi connectivity index (χ1) is 38.7. The Kier molecular flexibility index (Phi) is 7.71. The van der Waals surface area contributed by atoms with Crippen molar-refractivity contribution in [2.24, 2.45) is 0 Å². The molecule has 0 atom stereocenters. The molecule has 4 heterocycles. The number of fused-ring (bicyclic) bond motifs is 4. The average molecular weight is 991 g/mol. The predicted molar refractivity (Wildman–Crippen MR) is 323 cm³/mol. The van der Waals surface area contributed by atoms with Gasteiger partial charge in [0.2, 0.25) is 0 Å². The molecule has 0 saturated heterocycles.